The van der Waals surface area contributed by atoms with Crippen molar-refractivity contribution in [1.82, 2.24) is 30.0 Å². The van der Waals surface area contributed by atoms with Crippen LogP contribution in [0.5, 0.6) is 5.75 Å². The first kappa shape index (κ1) is 35.5. The van der Waals surface area contributed by atoms with Crippen molar-refractivity contribution in [3.63, 3.8) is 0 Å². The number of phenolic OH excluding ortho intramolecular Hbond substituents is 1. The molecule has 2 fully saturated rings. The number of hydrogen-bond acceptors (Lipinski definition) is 14. The number of hydrogen-bond donors (Lipinski definition) is 8. The van der Waals surface area contributed by atoms with Crippen molar-refractivity contribution in [1.29, 1.82) is 0 Å². The number of aliphatic hydroxyl groups excluding tert-OH is 1. The highest BCUT2D eigenvalue weighted by molar-refractivity contribution is 8.21. The van der Waals surface area contributed by atoms with Gasteiger partial charge >= 0.3 is 12.0 Å². The molecule has 1 aromatic heterocycles. The second kappa shape index (κ2) is 14.9. The Morgan fingerprint density at radius 2 is 1.90 bits per heavy atom. The van der Waals surface area contributed by atoms with Gasteiger partial charge in [-0.1, -0.05) is 12.1 Å². The third kappa shape index (κ3) is 7.38. The Labute approximate surface area is 298 Å². The van der Waals surface area contributed by atoms with Crippen LogP contribution < -0.4 is 32.3 Å². The number of anilines is 2. The Bertz CT molecular complexity index is 1800. The average Bonchev–Trinajstić information content (AvgIpc) is 3.51. The Morgan fingerprint density at radius 1 is 1.18 bits per heavy atom. The Kier molecular flexibility index (Phi) is 10.5. The lowest BCUT2D eigenvalue weighted by Gasteiger charge is -2.49. The molecule has 4 aliphatic rings. The summed E-state index contributed by atoms with van der Waals surface area (Å²) in [7, 11) is 1.84. The number of aliphatic hydroxyl groups is 1. The number of fused-ring (bicyclic) bond motifs is 1. The molecule has 1 saturated carbocycles. The number of primary amides is 1. The molecule has 3 atom stereocenters. The zero-order chi connectivity index (χ0) is 35.7. The number of amides is 4. The maximum atomic E-state index is 14.1. The van der Waals surface area contributed by atoms with Crippen LogP contribution in [0.3, 0.4) is 0 Å². The number of β-lactam (4-membered cyclic amide) rings is 1. The van der Waals surface area contributed by atoms with Gasteiger partial charge in [-0.05, 0) is 60.9 Å². The molecule has 20 heteroatoms. The van der Waals surface area contributed by atoms with Gasteiger partial charge in [-0.3, -0.25) is 29.2 Å². The van der Waals surface area contributed by atoms with Crippen LogP contribution in [0.1, 0.15) is 37.3 Å². The molecule has 0 spiro atoms. The van der Waals surface area contributed by atoms with Crippen LogP contribution in [0.15, 0.2) is 57.0 Å². The van der Waals surface area contributed by atoms with Crippen LogP contribution in [0.4, 0.5) is 16.4 Å². The van der Waals surface area contributed by atoms with Gasteiger partial charge in [0, 0.05) is 30.8 Å². The molecule has 9 N–H and O–H groups in total. The van der Waals surface area contributed by atoms with E-state index in [1.165, 1.54) is 59.7 Å². The summed E-state index contributed by atoms with van der Waals surface area (Å²) < 4.78 is 2.73. The summed E-state index contributed by atoms with van der Waals surface area (Å²) in [6.07, 6.45) is 5.06. The maximum Gasteiger partial charge on any atom is 0.352 e. The number of thioether (sulfide) groups is 2. The molecular weight excluding hydrogens is 711 g/mol. The summed E-state index contributed by atoms with van der Waals surface area (Å²) >= 11 is 4.19. The molecule has 0 radical (unpaired) electrons. The minimum absolute atomic E-state index is 0.0401. The van der Waals surface area contributed by atoms with Gasteiger partial charge in [0.05, 0.1) is 16.5 Å². The molecule has 4 heterocycles. The molecule has 1 saturated heterocycles. The zero-order valence-electron chi connectivity index (χ0n) is 26.6. The Balaban J connectivity index is 1.23. The maximum absolute atomic E-state index is 14.1. The number of carbonyl (C=O) groups excluding carboxylic acids is 3. The molecule has 4 amide bonds. The fourth-order valence-corrected chi connectivity index (χ4v) is 9.46. The number of benzene rings is 1. The molecule has 6 rings (SSSR count). The van der Waals surface area contributed by atoms with Crippen LogP contribution in [-0.2, 0) is 14.4 Å². The molecule has 50 heavy (non-hydrogen) atoms. The number of aromatic amines is 1. The number of nitrogens with zero attached hydrogens (tertiary/aromatic N) is 4. The smallest absolute Gasteiger partial charge is 0.352 e. The van der Waals surface area contributed by atoms with Crippen molar-refractivity contribution in [2.45, 2.75) is 55.3 Å². The van der Waals surface area contributed by atoms with E-state index >= 15 is 0 Å². The molecule has 266 valence electrons. The number of carbonyl (C=O) groups is 4. The SMILES string of the molecule is CN1NC=C(SCC2=C(C(=O)O)N3C(=O)C(NC(=O)C(c4ccc(O)cc4)N(C(N)=O)c4cnc(NC5CCC(O)CC5)[nH]c4=O)[C@@H]3SC2)S1. The van der Waals surface area contributed by atoms with Gasteiger partial charge in [-0.15, -0.1) is 23.5 Å². The number of carboxylic acids is 1. The number of rotatable bonds is 11. The van der Waals surface area contributed by atoms with Gasteiger partial charge < -0.3 is 37.1 Å². The molecule has 0 bridgehead atoms. The van der Waals surface area contributed by atoms with E-state index in [2.05, 4.69) is 26.0 Å². The summed E-state index contributed by atoms with van der Waals surface area (Å²) in [5.41, 5.74) is 8.25. The number of H-pyrrole nitrogens is 1. The molecular formula is C30H35N9O8S3. The molecule has 2 unspecified atom stereocenters. The summed E-state index contributed by atoms with van der Waals surface area (Å²) in [6, 6.07) is 1.37. The van der Waals surface area contributed by atoms with Crippen molar-refractivity contribution >= 4 is 70.9 Å². The minimum Gasteiger partial charge on any atom is -0.508 e. The van der Waals surface area contributed by atoms with Crippen LogP contribution in [0.25, 0.3) is 0 Å². The Hall–Kier alpha value is -4.37. The van der Waals surface area contributed by atoms with Crippen molar-refractivity contribution < 1.29 is 34.5 Å². The van der Waals surface area contributed by atoms with Gasteiger partial charge in [0.1, 0.15) is 34.6 Å². The topological polar surface area (TPSA) is 247 Å². The highest BCUT2D eigenvalue weighted by Crippen LogP contribution is 2.43. The first-order valence-corrected chi connectivity index (χ1v) is 18.3. The largest absolute Gasteiger partial charge is 0.508 e. The third-order valence-corrected chi connectivity index (χ3v) is 12.0. The number of aromatic hydroxyl groups is 1. The number of aromatic nitrogens is 2. The van der Waals surface area contributed by atoms with Crippen molar-refractivity contribution in [2.24, 2.45) is 5.73 Å². The van der Waals surface area contributed by atoms with E-state index < -0.39 is 46.8 Å². The lowest BCUT2D eigenvalue weighted by molar-refractivity contribution is -0.150. The molecule has 1 aromatic carbocycles. The summed E-state index contributed by atoms with van der Waals surface area (Å²) in [5.74, 6) is -2.14. The van der Waals surface area contributed by atoms with E-state index in [9.17, 15) is 39.3 Å². The third-order valence-electron chi connectivity index (χ3n) is 8.56. The molecule has 1 aliphatic carbocycles. The fourth-order valence-electron chi connectivity index (χ4n) is 6.09. The van der Waals surface area contributed by atoms with Crippen molar-refractivity contribution in [3.8, 4) is 5.75 Å². The zero-order valence-corrected chi connectivity index (χ0v) is 29.0. The summed E-state index contributed by atoms with van der Waals surface area (Å²) in [5, 5.41) is 34.8. The first-order valence-electron chi connectivity index (χ1n) is 15.5. The number of hydrazine groups is 1. The highest BCUT2D eigenvalue weighted by Gasteiger charge is 2.55. The number of phenols is 1. The van der Waals surface area contributed by atoms with E-state index in [1.54, 1.807) is 10.6 Å². The van der Waals surface area contributed by atoms with Crippen LogP contribution in [0, 0.1) is 0 Å². The van der Waals surface area contributed by atoms with Crippen LogP contribution >= 0.6 is 35.5 Å². The average molecular weight is 746 g/mol. The van der Waals surface area contributed by atoms with Crippen molar-refractivity contribution in [3.05, 3.63) is 68.1 Å². The first-order chi connectivity index (χ1) is 23.9. The van der Waals surface area contributed by atoms with E-state index in [-0.39, 0.29) is 40.8 Å². The van der Waals surface area contributed by atoms with E-state index in [4.69, 9.17) is 5.73 Å². The van der Waals surface area contributed by atoms with Gasteiger partial charge in [-0.2, -0.15) is 4.41 Å². The lowest BCUT2D eigenvalue weighted by atomic mass is 9.93. The van der Waals surface area contributed by atoms with Gasteiger partial charge in [0.2, 0.25) is 11.9 Å². The monoisotopic (exact) mass is 745 g/mol. The van der Waals surface area contributed by atoms with E-state index in [0.29, 0.717) is 42.8 Å². The normalized spacial score (nSPS) is 24.0. The second-order valence-electron chi connectivity index (χ2n) is 11.9. The number of carboxylic acid groups (broad SMARTS) is 1. The predicted molar refractivity (Wildman–Crippen MR) is 188 cm³/mol. The fraction of sp³-hybridized carbons (Fsp3) is 0.400. The van der Waals surface area contributed by atoms with E-state index in [1.807, 2.05) is 7.05 Å². The highest BCUT2D eigenvalue weighted by atomic mass is 32.2. The second-order valence-corrected chi connectivity index (χ2v) is 15.5. The molecule has 3 aliphatic heterocycles. The van der Waals surface area contributed by atoms with Gasteiger partial charge in [0.25, 0.3) is 11.5 Å². The predicted octanol–water partition coefficient (Wildman–Crippen LogP) is 1.19. The standard InChI is InChI=1S/C30H35N9O8S3/c1-37-33-11-20(50-37)48-12-15-13-49-27-21(26(44)39(27)23(15)28(45)46)35-25(43)22(14-2-6-17(40)7-3-14)38(29(31)47)19-10-32-30(36-24(19)42)34-16-4-8-18(41)9-5-16/h2-3,6-7,10-11,16,18,21-22,27,33,40-41H,4-5,8-9,12-13H2,1H3,(H2,31,47)(H,35,43)(H,45,46)(H2,32,34,36,42)/t16?,18?,21?,22?,27-/m0/s1. The van der Waals surface area contributed by atoms with Crippen LogP contribution in [0.2, 0.25) is 0 Å². The molecule has 2 aromatic rings. The Morgan fingerprint density at radius 3 is 2.52 bits per heavy atom. The number of nitrogens with two attached hydrogens (primary N) is 1. The number of nitrogens with one attached hydrogen (secondary N) is 4. The number of urea groups is 1. The quantitative estimate of drug-likeness (QED) is 0.119. The van der Waals surface area contributed by atoms with Crippen molar-refractivity contribution in [2.75, 3.05) is 28.8 Å². The van der Waals surface area contributed by atoms with E-state index in [0.717, 1.165) is 20.2 Å². The van der Waals surface area contributed by atoms with Gasteiger partial charge in [-0.25, -0.2) is 14.6 Å². The summed E-state index contributed by atoms with van der Waals surface area (Å²) in [4.78, 5) is 75.0. The molecule has 17 nitrogen and oxygen atoms in total. The van der Waals surface area contributed by atoms with Crippen LogP contribution in [-0.4, -0.2) is 101 Å². The minimum atomic E-state index is -1.59. The summed E-state index contributed by atoms with van der Waals surface area (Å²) in [6.45, 7) is 0. The lowest BCUT2D eigenvalue weighted by Crippen LogP contribution is -2.71. The van der Waals surface area contributed by atoms with Gasteiger partial charge in [0.15, 0.2) is 0 Å². The number of aliphatic carboxylic acids is 1.